The van der Waals surface area contributed by atoms with Crippen LogP contribution in [0.1, 0.15) is 41.5 Å². The Labute approximate surface area is 173 Å². The van der Waals surface area contributed by atoms with Crippen molar-refractivity contribution >= 4 is 23.0 Å². The van der Waals surface area contributed by atoms with E-state index in [1.807, 2.05) is 23.6 Å². The minimum Gasteiger partial charge on any atom is -0.493 e. The van der Waals surface area contributed by atoms with Crippen LogP contribution in [-0.4, -0.2) is 33.0 Å². The molecule has 1 aliphatic heterocycles. The van der Waals surface area contributed by atoms with E-state index in [4.69, 9.17) is 14.2 Å². The van der Waals surface area contributed by atoms with E-state index in [-0.39, 0.29) is 29.9 Å². The summed E-state index contributed by atoms with van der Waals surface area (Å²) in [7, 11) is 4.65. The summed E-state index contributed by atoms with van der Waals surface area (Å²) in [6.07, 6.45) is 1.33. The van der Waals surface area contributed by atoms with E-state index in [0.717, 1.165) is 11.3 Å². The smallest absolute Gasteiger partial charge is 0.225 e. The Kier molecular flexibility index (Phi) is 5.32. The second kappa shape index (κ2) is 7.91. The van der Waals surface area contributed by atoms with Crippen LogP contribution in [0.5, 0.6) is 17.2 Å². The quantitative estimate of drug-likeness (QED) is 0.808. The van der Waals surface area contributed by atoms with Gasteiger partial charge in [-0.15, -0.1) is 11.3 Å². The van der Waals surface area contributed by atoms with Crippen molar-refractivity contribution in [2.75, 3.05) is 21.3 Å². The lowest BCUT2D eigenvalue weighted by Gasteiger charge is -2.34. The Hall–Kier alpha value is -2.80. The molecule has 0 unspecified atom stereocenters. The molecule has 6 nitrogen and oxygen atoms in total. The van der Waals surface area contributed by atoms with E-state index >= 15 is 0 Å². The van der Waals surface area contributed by atoms with Gasteiger partial charge in [-0.3, -0.25) is 9.59 Å². The van der Waals surface area contributed by atoms with Gasteiger partial charge >= 0.3 is 0 Å². The van der Waals surface area contributed by atoms with Crippen LogP contribution in [0.2, 0.25) is 0 Å². The molecule has 0 fully saturated rings. The molecule has 29 heavy (non-hydrogen) atoms. The first-order chi connectivity index (χ1) is 14.0. The predicted octanol–water partition coefficient (Wildman–Crippen LogP) is 3.78. The van der Waals surface area contributed by atoms with Crippen LogP contribution in [0.25, 0.3) is 0 Å². The largest absolute Gasteiger partial charge is 0.493 e. The Morgan fingerprint density at radius 1 is 1.00 bits per heavy atom. The van der Waals surface area contributed by atoms with Crippen molar-refractivity contribution in [3.63, 3.8) is 0 Å². The predicted molar refractivity (Wildman–Crippen MR) is 110 cm³/mol. The lowest BCUT2D eigenvalue weighted by molar-refractivity contribution is -0.122. The van der Waals surface area contributed by atoms with Crippen LogP contribution in [0.4, 0.5) is 0 Å². The molecule has 2 heterocycles. The highest BCUT2D eigenvalue weighted by Crippen LogP contribution is 2.46. The van der Waals surface area contributed by atoms with E-state index in [2.05, 4.69) is 11.4 Å². The number of hydrogen-bond donors (Lipinski definition) is 1. The van der Waals surface area contributed by atoms with Crippen LogP contribution in [-0.2, 0) is 9.59 Å². The topological polar surface area (TPSA) is 73.9 Å². The Balaban J connectivity index is 1.77. The molecule has 2 aliphatic rings. The van der Waals surface area contributed by atoms with Gasteiger partial charge in [0.05, 0.1) is 21.3 Å². The van der Waals surface area contributed by atoms with Gasteiger partial charge in [0.1, 0.15) is 0 Å². The summed E-state index contributed by atoms with van der Waals surface area (Å²) in [5, 5.41) is 4.97. The highest BCUT2D eigenvalue weighted by atomic mass is 32.1. The molecule has 1 N–H and O–H groups in total. The second-order valence-corrected chi connectivity index (χ2v) is 8.18. The van der Waals surface area contributed by atoms with E-state index in [1.165, 1.54) is 4.88 Å². The Bertz CT molecular complexity index is 954. The van der Waals surface area contributed by atoms with Crippen molar-refractivity contribution in [2.45, 2.75) is 31.1 Å². The van der Waals surface area contributed by atoms with Crippen molar-refractivity contribution in [3.8, 4) is 17.2 Å². The maximum Gasteiger partial charge on any atom is 0.225 e. The highest BCUT2D eigenvalue weighted by molar-refractivity contribution is 7.10. The number of amides is 1. The van der Waals surface area contributed by atoms with Gasteiger partial charge in [0.25, 0.3) is 0 Å². The number of nitrogens with one attached hydrogen (secondary N) is 1. The monoisotopic (exact) mass is 413 g/mol. The molecule has 0 spiro atoms. The molecule has 152 valence electrons. The summed E-state index contributed by atoms with van der Waals surface area (Å²) in [5.74, 6) is 1.29. The summed E-state index contributed by atoms with van der Waals surface area (Å²) >= 11 is 1.65. The molecule has 1 aromatic carbocycles. The van der Waals surface area contributed by atoms with E-state index in [9.17, 15) is 9.59 Å². The average molecular weight is 413 g/mol. The molecule has 0 radical (unpaired) electrons. The van der Waals surface area contributed by atoms with E-state index < -0.39 is 0 Å². The lowest BCUT2D eigenvalue weighted by Crippen LogP contribution is -2.38. The molecule has 2 aromatic rings. The third-order valence-corrected chi connectivity index (χ3v) is 6.61. The first kappa shape index (κ1) is 19.5. The van der Waals surface area contributed by atoms with Gasteiger partial charge in [0, 0.05) is 40.8 Å². The van der Waals surface area contributed by atoms with Gasteiger partial charge < -0.3 is 19.5 Å². The first-order valence-corrected chi connectivity index (χ1v) is 10.3. The summed E-state index contributed by atoms with van der Waals surface area (Å²) in [6.45, 7) is 0. The molecule has 1 aliphatic carbocycles. The Morgan fingerprint density at radius 2 is 1.72 bits per heavy atom. The van der Waals surface area contributed by atoms with Crippen molar-refractivity contribution in [3.05, 3.63) is 51.4 Å². The number of thiophene rings is 1. The third-order valence-electron chi connectivity index (χ3n) is 5.57. The van der Waals surface area contributed by atoms with E-state index in [0.29, 0.717) is 35.7 Å². The van der Waals surface area contributed by atoms with Crippen LogP contribution >= 0.6 is 11.3 Å². The molecule has 1 aromatic heterocycles. The maximum atomic E-state index is 13.2. The molecule has 0 saturated carbocycles. The van der Waals surface area contributed by atoms with Crippen LogP contribution in [0.3, 0.4) is 0 Å². The van der Waals surface area contributed by atoms with Gasteiger partial charge in [-0.1, -0.05) is 6.07 Å². The number of ketones is 1. The number of carbonyl (C=O) groups excluding carboxylic acids is 2. The minimum atomic E-state index is -0.329. The van der Waals surface area contributed by atoms with Crippen molar-refractivity contribution in [2.24, 2.45) is 0 Å². The van der Waals surface area contributed by atoms with Gasteiger partial charge in [0.2, 0.25) is 11.7 Å². The van der Waals surface area contributed by atoms with Crippen LogP contribution < -0.4 is 19.5 Å². The normalized spacial score (nSPS) is 21.5. The zero-order valence-corrected chi connectivity index (χ0v) is 17.4. The fourth-order valence-corrected chi connectivity index (χ4v) is 5.10. The zero-order chi connectivity index (χ0) is 20.5. The number of carbonyl (C=O) groups is 2. The molecular formula is C22H23NO5S. The zero-order valence-electron chi connectivity index (χ0n) is 16.6. The molecule has 4 rings (SSSR count). The highest BCUT2D eigenvalue weighted by Gasteiger charge is 2.39. The van der Waals surface area contributed by atoms with Crippen molar-refractivity contribution in [1.29, 1.82) is 0 Å². The lowest BCUT2D eigenvalue weighted by atomic mass is 9.74. The second-order valence-electron chi connectivity index (χ2n) is 7.20. The molecule has 2 atom stereocenters. The number of ether oxygens (including phenoxy) is 3. The van der Waals surface area contributed by atoms with Gasteiger partial charge in [0.15, 0.2) is 17.3 Å². The maximum absolute atomic E-state index is 13.2. The Morgan fingerprint density at radius 3 is 2.31 bits per heavy atom. The molecule has 0 bridgehead atoms. The van der Waals surface area contributed by atoms with Gasteiger partial charge in [-0.2, -0.15) is 0 Å². The van der Waals surface area contributed by atoms with Crippen LogP contribution in [0.15, 0.2) is 40.9 Å². The van der Waals surface area contributed by atoms with Crippen molar-refractivity contribution < 1.29 is 23.8 Å². The minimum absolute atomic E-state index is 0.0814. The molecule has 7 heteroatoms. The fraction of sp³-hybridized carbons (Fsp3) is 0.364. The summed E-state index contributed by atoms with van der Waals surface area (Å²) < 4.78 is 16.3. The van der Waals surface area contributed by atoms with Gasteiger partial charge in [-0.05, 0) is 35.6 Å². The fourth-order valence-electron chi connectivity index (χ4n) is 4.27. The average Bonchev–Trinajstić information content (AvgIpc) is 3.26. The van der Waals surface area contributed by atoms with Crippen molar-refractivity contribution in [1.82, 2.24) is 5.32 Å². The standard InChI is InChI=1S/C22H23NO5S/c1-26-17-9-12(10-18(27-2)22(17)28-3)14-11-20(25)23-15-7-13(8-16(24)21(14)15)19-5-4-6-29-19/h4-6,9-10,13-14H,7-8,11H2,1-3H3,(H,23,25)/t13-,14-/m1/s1. The number of allylic oxidation sites excluding steroid dienone is 2. The number of benzene rings is 1. The summed E-state index contributed by atoms with van der Waals surface area (Å²) in [4.78, 5) is 26.8. The van der Waals surface area contributed by atoms with Gasteiger partial charge in [-0.25, -0.2) is 0 Å². The molecule has 0 saturated heterocycles. The molecule has 1 amide bonds. The number of rotatable bonds is 5. The summed E-state index contributed by atoms with van der Waals surface area (Å²) in [6, 6.07) is 7.70. The number of hydrogen-bond acceptors (Lipinski definition) is 6. The number of Topliss-reactive ketones (excluding diaryl/α,β-unsaturated/α-hetero) is 1. The molecular weight excluding hydrogens is 390 g/mol. The third kappa shape index (κ3) is 3.51. The first-order valence-electron chi connectivity index (χ1n) is 9.45. The SMILES string of the molecule is COc1cc([C@H]2CC(=O)NC3=C2C(=O)C[C@H](c2cccs2)C3)cc(OC)c1OC. The number of methoxy groups -OCH3 is 3. The summed E-state index contributed by atoms with van der Waals surface area (Å²) in [5.41, 5.74) is 2.26. The van der Waals surface area contributed by atoms with Crippen LogP contribution in [0, 0.1) is 0 Å². The van der Waals surface area contributed by atoms with E-state index in [1.54, 1.807) is 32.7 Å².